The first-order chi connectivity index (χ1) is 12.5. The predicted molar refractivity (Wildman–Crippen MR) is 101 cm³/mol. The average molecular weight is 369 g/mol. The van der Waals surface area contributed by atoms with Crippen LogP contribution >= 0.6 is 0 Å². The summed E-state index contributed by atoms with van der Waals surface area (Å²) in [5.41, 5.74) is 1.42. The molecule has 0 amide bonds. The maximum absolute atomic E-state index is 13.5. The number of ether oxygens (including phenoxy) is 1. The lowest BCUT2D eigenvalue weighted by molar-refractivity contribution is -0.0149. The molecule has 0 N–H and O–H groups in total. The third-order valence-corrected chi connectivity index (χ3v) is 7.11. The zero-order chi connectivity index (χ0) is 18.2. The van der Waals surface area contributed by atoms with Gasteiger partial charge in [-0.25, -0.2) is 8.42 Å². The molecule has 0 saturated carbocycles. The van der Waals surface area contributed by atoms with Crippen LogP contribution in [0, 0.1) is 6.92 Å². The second kappa shape index (κ2) is 6.65. The van der Waals surface area contributed by atoms with E-state index in [0.717, 1.165) is 24.0 Å². The molecular weight excluding hydrogens is 346 g/mol. The Morgan fingerprint density at radius 3 is 2.46 bits per heavy atom. The zero-order valence-corrected chi connectivity index (χ0v) is 15.7. The van der Waals surface area contributed by atoms with Crippen molar-refractivity contribution in [1.29, 1.82) is 0 Å². The van der Waals surface area contributed by atoms with E-state index < -0.39 is 15.6 Å². The van der Waals surface area contributed by atoms with Crippen molar-refractivity contribution >= 4 is 10.0 Å². The van der Waals surface area contributed by atoms with Crippen LogP contribution in [-0.4, -0.2) is 31.5 Å². The highest BCUT2D eigenvalue weighted by Gasteiger charge is 2.49. The molecule has 26 heavy (non-hydrogen) atoms. The highest BCUT2D eigenvalue weighted by Crippen LogP contribution is 2.46. The summed E-state index contributed by atoms with van der Waals surface area (Å²) in [6.07, 6.45) is 5.75. The summed E-state index contributed by atoms with van der Waals surface area (Å²) in [6.45, 7) is 2.96. The molecule has 1 fully saturated rings. The highest BCUT2D eigenvalue weighted by atomic mass is 32.2. The monoisotopic (exact) mass is 369 g/mol. The summed E-state index contributed by atoms with van der Waals surface area (Å²) in [5.74, 6) is 0. The van der Waals surface area contributed by atoms with Crippen LogP contribution in [0.3, 0.4) is 0 Å². The summed E-state index contributed by atoms with van der Waals surface area (Å²) < 4.78 is 34.6. The molecule has 2 atom stereocenters. The molecule has 2 aliphatic heterocycles. The van der Waals surface area contributed by atoms with E-state index in [9.17, 15) is 8.42 Å². The third-order valence-electron chi connectivity index (χ3n) is 5.26. The van der Waals surface area contributed by atoms with E-state index in [1.165, 1.54) is 0 Å². The fourth-order valence-corrected chi connectivity index (χ4v) is 5.60. The molecule has 0 bridgehead atoms. The maximum atomic E-state index is 13.5. The van der Waals surface area contributed by atoms with Crippen LogP contribution in [-0.2, 0) is 14.8 Å². The molecule has 5 heteroatoms. The van der Waals surface area contributed by atoms with Gasteiger partial charge in [0.1, 0.15) is 5.60 Å². The Hall–Kier alpha value is -1.95. The van der Waals surface area contributed by atoms with Gasteiger partial charge in [0.2, 0.25) is 10.0 Å². The van der Waals surface area contributed by atoms with Crippen LogP contribution in [0.15, 0.2) is 71.6 Å². The number of benzene rings is 2. The van der Waals surface area contributed by atoms with E-state index in [1.807, 2.05) is 55.5 Å². The molecule has 0 aliphatic carbocycles. The molecule has 1 spiro atoms. The van der Waals surface area contributed by atoms with Gasteiger partial charge in [-0.3, -0.25) is 0 Å². The van der Waals surface area contributed by atoms with Crippen LogP contribution < -0.4 is 0 Å². The minimum atomic E-state index is -3.64. The first kappa shape index (κ1) is 17.5. The quantitative estimate of drug-likeness (QED) is 0.772. The van der Waals surface area contributed by atoms with E-state index >= 15 is 0 Å². The SMILES string of the molecule is Cc1ccc(S(=O)(=O)N2CC=C[C@]3(CCCO3)[C@@H]2c2ccccc2)cc1. The fourth-order valence-electron chi connectivity index (χ4n) is 3.99. The Labute approximate surface area is 155 Å². The predicted octanol–water partition coefficient (Wildman–Crippen LogP) is 3.85. The van der Waals surface area contributed by atoms with Gasteiger partial charge in [-0.2, -0.15) is 4.31 Å². The van der Waals surface area contributed by atoms with Crippen molar-refractivity contribution in [1.82, 2.24) is 4.31 Å². The van der Waals surface area contributed by atoms with Crippen LogP contribution in [0.5, 0.6) is 0 Å². The molecule has 2 aromatic carbocycles. The summed E-state index contributed by atoms with van der Waals surface area (Å²) in [4.78, 5) is 0.326. The van der Waals surface area contributed by atoms with Gasteiger partial charge >= 0.3 is 0 Å². The van der Waals surface area contributed by atoms with Gasteiger partial charge in [0, 0.05) is 13.2 Å². The topological polar surface area (TPSA) is 46.6 Å². The third kappa shape index (κ3) is 2.90. The van der Waals surface area contributed by atoms with Crippen molar-refractivity contribution < 1.29 is 13.2 Å². The van der Waals surface area contributed by atoms with Crippen LogP contribution in [0.4, 0.5) is 0 Å². The van der Waals surface area contributed by atoms with Crippen molar-refractivity contribution in [2.75, 3.05) is 13.2 Å². The van der Waals surface area contributed by atoms with Crippen molar-refractivity contribution in [3.8, 4) is 0 Å². The van der Waals surface area contributed by atoms with Crippen molar-refractivity contribution in [3.05, 3.63) is 77.9 Å². The first-order valence-corrected chi connectivity index (χ1v) is 10.4. The van der Waals surface area contributed by atoms with Gasteiger partial charge < -0.3 is 4.74 Å². The number of hydrogen-bond acceptors (Lipinski definition) is 3. The lowest BCUT2D eigenvalue weighted by atomic mass is 9.84. The standard InChI is InChI=1S/C21H23NO3S/c1-17-9-11-19(12-10-17)26(23,24)22-15-5-13-21(14-6-16-25-21)20(22)18-7-3-2-4-8-18/h2-5,7-13,20H,6,14-16H2,1H3/t20-,21-/m0/s1. The average Bonchev–Trinajstić information content (AvgIpc) is 3.11. The molecule has 1 saturated heterocycles. The number of sulfonamides is 1. The largest absolute Gasteiger partial charge is 0.369 e. The fraction of sp³-hybridized carbons (Fsp3) is 0.333. The molecule has 4 nitrogen and oxygen atoms in total. The van der Waals surface area contributed by atoms with E-state index in [4.69, 9.17) is 4.74 Å². The van der Waals surface area contributed by atoms with Gasteiger partial charge in [-0.1, -0.05) is 60.2 Å². The smallest absolute Gasteiger partial charge is 0.244 e. The van der Waals surface area contributed by atoms with E-state index in [0.29, 0.717) is 18.0 Å². The highest BCUT2D eigenvalue weighted by molar-refractivity contribution is 7.89. The summed E-state index contributed by atoms with van der Waals surface area (Å²) in [7, 11) is -3.64. The molecule has 0 radical (unpaired) electrons. The first-order valence-electron chi connectivity index (χ1n) is 8.98. The molecular formula is C21H23NO3S. The Bertz CT molecular complexity index is 898. The van der Waals surface area contributed by atoms with Gasteiger partial charge in [-0.05, 0) is 37.5 Å². The van der Waals surface area contributed by atoms with E-state index in [-0.39, 0.29) is 6.04 Å². The Morgan fingerprint density at radius 1 is 1.08 bits per heavy atom. The Balaban J connectivity index is 1.83. The second-order valence-electron chi connectivity index (χ2n) is 7.01. The molecule has 2 aliphatic rings. The van der Waals surface area contributed by atoms with Crippen LogP contribution in [0.1, 0.15) is 30.0 Å². The van der Waals surface area contributed by atoms with Crippen molar-refractivity contribution in [2.24, 2.45) is 0 Å². The normalized spacial score (nSPS) is 26.4. The minimum Gasteiger partial charge on any atom is -0.369 e. The molecule has 2 aromatic rings. The number of rotatable bonds is 3. The van der Waals surface area contributed by atoms with Crippen LogP contribution in [0.2, 0.25) is 0 Å². The van der Waals surface area contributed by atoms with Gasteiger partial charge in [0.15, 0.2) is 0 Å². The molecule has 4 rings (SSSR count). The van der Waals surface area contributed by atoms with E-state index in [1.54, 1.807) is 16.4 Å². The van der Waals surface area contributed by atoms with Gasteiger partial charge in [0.25, 0.3) is 0 Å². The number of nitrogens with zero attached hydrogens (tertiary/aromatic N) is 1. The lowest BCUT2D eigenvalue weighted by Gasteiger charge is -2.43. The zero-order valence-electron chi connectivity index (χ0n) is 14.8. The summed E-state index contributed by atoms with van der Waals surface area (Å²) in [5, 5.41) is 0. The van der Waals surface area contributed by atoms with E-state index in [2.05, 4.69) is 6.08 Å². The minimum absolute atomic E-state index is 0.326. The number of hydrogen-bond donors (Lipinski definition) is 0. The van der Waals surface area contributed by atoms with Crippen molar-refractivity contribution in [2.45, 2.75) is 36.3 Å². The molecule has 0 unspecified atom stereocenters. The maximum Gasteiger partial charge on any atom is 0.244 e. The second-order valence-corrected chi connectivity index (χ2v) is 8.90. The molecule has 0 aromatic heterocycles. The Kier molecular flexibility index (Phi) is 4.47. The number of aryl methyl sites for hydroxylation is 1. The van der Waals surface area contributed by atoms with Gasteiger partial charge in [0.05, 0.1) is 10.9 Å². The molecule has 2 heterocycles. The summed E-state index contributed by atoms with van der Waals surface area (Å²) >= 11 is 0. The van der Waals surface area contributed by atoms with Crippen LogP contribution in [0.25, 0.3) is 0 Å². The Morgan fingerprint density at radius 2 is 1.81 bits per heavy atom. The van der Waals surface area contributed by atoms with Gasteiger partial charge in [-0.15, -0.1) is 0 Å². The van der Waals surface area contributed by atoms with Crippen molar-refractivity contribution in [3.63, 3.8) is 0 Å². The summed E-state index contributed by atoms with van der Waals surface area (Å²) in [6, 6.07) is 16.5. The lowest BCUT2D eigenvalue weighted by Crippen LogP contribution is -2.50. The molecule has 136 valence electrons.